The summed E-state index contributed by atoms with van der Waals surface area (Å²) in [6, 6.07) is 0.340. The van der Waals surface area contributed by atoms with Crippen LogP contribution < -0.4 is 10.6 Å². The Bertz CT molecular complexity index is 481. The summed E-state index contributed by atoms with van der Waals surface area (Å²) in [6.07, 6.45) is 27.3. The molecule has 0 aromatic heterocycles. The first-order valence-corrected chi connectivity index (χ1v) is 13.1. The van der Waals surface area contributed by atoms with Gasteiger partial charge in [-0.2, -0.15) is 0 Å². The lowest BCUT2D eigenvalue weighted by molar-refractivity contribution is -0.117. The van der Waals surface area contributed by atoms with Crippen molar-refractivity contribution in [2.45, 2.75) is 135 Å². The van der Waals surface area contributed by atoms with Gasteiger partial charge in [-0.25, -0.2) is 0 Å². The largest absolute Gasteiger partial charge is 0.350 e. The fourth-order valence-corrected chi connectivity index (χ4v) is 4.21. The second-order valence-electron chi connectivity index (χ2n) is 9.14. The number of allylic oxidation sites excluding steroid dienone is 2. The fourth-order valence-electron chi connectivity index (χ4n) is 4.21. The molecule has 1 aliphatic carbocycles. The van der Waals surface area contributed by atoms with Crippen LogP contribution in [0.4, 0.5) is 0 Å². The Hall–Kier alpha value is -1.58. The van der Waals surface area contributed by atoms with Crippen LogP contribution in [0.25, 0.3) is 0 Å². The second-order valence-corrected chi connectivity index (χ2v) is 9.14. The van der Waals surface area contributed by atoms with Crippen LogP contribution in [0.2, 0.25) is 0 Å². The van der Waals surface area contributed by atoms with E-state index in [0.29, 0.717) is 0 Å². The fraction of sp³-hybridized carbons (Fsp3) is 0.778. The standard InChI is InChI=1S/C27H48N2O2/c1-3-5-7-9-11-13-15-17-19-26(30)28-24-21-22-25(23-24)29-27(31)20-18-16-14-12-10-8-6-4-2/h17-20,24-25H,3-16,21-23H2,1-2H3,(H,28,30)(H,29,31). The van der Waals surface area contributed by atoms with Crippen LogP contribution in [0.1, 0.15) is 123 Å². The van der Waals surface area contributed by atoms with E-state index < -0.39 is 0 Å². The van der Waals surface area contributed by atoms with Gasteiger partial charge in [-0.15, -0.1) is 0 Å². The molecule has 1 aliphatic rings. The third kappa shape index (κ3) is 15.8. The van der Waals surface area contributed by atoms with Crippen molar-refractivity contribution in [3.8, 4) is 0 Å². The monoisotopic (exact) mass is 432 g/mol. The van der Waals surface area contributed by atoms with Gasteiger partial charge in [0.1, 0.15) is 0 Å². The molecule has 0 aromatic rings. The van der Waals surface area contributed by atoms with E-state index in [1.165, 1.54) is 64.2 Å². The zero-order chi connectivity index (χ0) is 22.6. The van der Waals surface area contributed by atoms with Gasteiger partial charge in [0.05, 0.1) is 0 Å². The van der Waals surface area contributed by atoms with E-state index in [9.17, 15) is 9.59 Å². The third-order valence-electron chi connectivity index (χ3n) is 6.11. The number of carbonyl (C=O) groups excluding carboxylic acids is 2. The molecule has 2 unspecified atom stereocenters. The Morgan fingerprint density at radius 3 is 1.45 bits per heavy atom. The lowest BCUT2D eigenvalue weighted by Gasteiger charge is -2.13. The van der Waals surface area contributed by atoms with E-state index in [0.717, 1.165) is 44.9 Å². The molecule has 0 bridgehead atoms. The summed E-state index contributed by atoms with van der Waals surface area (Å²) >= 11 is 0. The van der Waals surface area contributed by atoms with Gasteiger partial charge in [0.15, 0.2) is 0 Å². The SMILES string of the molecule is CCCCCCCCC=CC(=O)NC1CCC(NC(=O)C=CCCCCCCCC)C1. The highest BCUT2D eigenvalue weighted by Gasteiger charge is 2.26. The van der Waals surface area contributed by atoms with Crippen molar-refractivity contribution in [3.63, 3.8) is 0 Å². The van der Waals surface area contributed by atoms with Gasteiger partial charge in [0, 0.05) is 12.1 Å². The zero-order valence-corrected chi connectivity index (χ0v) is 20.3. The Balaban J connectivity index is 2.07. The highest BCUT2D eigenvalue weighted by Crippen LogP contribution is 2.19. The molecule has 0 aliphatic heterocycles. The van der Waals surface area contributed by atoms with E-state index >= 15 is 0 Å². The Morgan fingerprint density at radius 1 is 0.645 bits per heavy atom. The number of hydrogen-bond acceptors (Lipinski definition) is 2. The summed E-state index contributed by atoms with van der Waals surface area (Å²) in [7, 11) is 0. The van der Waals surface area contributed by atoms with Crippen molar-refractivity contribution < 1.29 is 9.59 Å². The van der Waals surface area contributed by atoms with Crippen molar-refractivity contribution in [2.75, 3.05) is 0 Å². The predicted molar refractivity (Wildman–Crippen MR) is 132 cm³/mol. The molecule has 2 atom stereocenters. The van der Waals surface area contributed by atoms with Crippen molar-refractivity contribution in [2.24, 2.45) is 0 Å². The van der Waals surface area contributed by atoms with Gasteiger partial charge in [-0.05, 0) is 57.1 Å². The summed E-state index contributed by atoms with van der Waals surface area (Å²) in [5, 5.41) is 6.17. The Kier molecular flexibility index (Phi) is 16.9. The quantitative estimate of drug-likeness (QED) is 0.186. The first-order valence-electron chi connectivity index (χ1n) is 13.1. The van der Waals surface area contributed by atoms with Crippen molar-refractivity contribution in [1.29, 1.82) is 0 Å². The van der Waals surface area contributed by atoms with Crippen LogP contribution >= 0.6 is 0 Å². The molecule has 0 spiro atoms. The van der Waals surface area contributed by atoms with E-state index in [2.05, 4.69) is 24.5 Å². The molecule has 31 heavy (non-hydrogen) atoms. The first-order chi connectivity index (χ1) is 15.2. The molecule has 4 heteroatoms. The Labute approximate surface area is 191 Å². The summed E-state index contributed by atoms with van der Waals surface area (Å²) in [6.45, 7) is 4.47. The molecular formula is C27H48N2O2. The number of rotatable bonds is 18. The number of hydrogen-bond donors (Lipinski definition) is 2. The topological polar surface area (TPSA) is 58.2 Å². The number of unbranched alkanes of at least 4 members (excludes halogenated alkanes) is 12. The van der Waals surface area contributed by atoms with Crippen LogP contribution in [-0.2, 0) is 9.59 Å². The van der Waals surface area contributed by atoms with Gasteiger partial charge in [-0.3, -0.25) is 9.59 Å². The molecule has 1 saturated carbocycles. The smallest absolute Gasteiger partial charge is 0.243 e. The lowest BCUT2D eigenvalue weighted by Crippen LogP contribution is -2.36. The molecular weight excluding hydrogens is 384 g/mol. The first kappa shape index (κ1) is 27.5. The van der Waals surface area contributed by atoms with Crippen molar-refractivity contribution in [3.05, 3.63) is 24.3 Å². The van der Waals surface area contributed by atoms with E-state index in [1.807, 2.05) is 12.2 Å². The molecule has 0 saturated heterocycles. The maximum atomic E-state index is 12.1. The molecule has 0 radical (unpaired) electrons. The highest BCUT2D eigenvalue weighted by atomic mass is 16.2. The molecule has 178 valence electrons. The minimum atomic E-state index is 0.00166. The molecule has 2 amide bonds. The lowest BCUT2D eigenvalue weighted by atomic mass is 10.1. The molecule has 1 rings (SSSR count). The van der Waals surface area contributed by atoms with Gasteiger partial charge >= 0.3 is 0 Å². The normalized spacial score (nSPS) is 18.8. The van der Waals surface area contributed by atoms with Crippen LogP contribution in [0.15, 0.2) is 24.3 Å². The highest BCUT2D eigenvalue weighted by molar-refractivity contribution is 5.88. The van der Waals surface area contributed by atoms with E-state index in [-0.39, 0.29) is 23.9 Å². The van der Waals surface area contributed by atoms with Crippen LogP contribution in [-0.4, -0.2) is 23.9 Å². The maximum absolute atomic E-state index is 12.1. The van der Waals surface area contributed by atoms with Gasteiger partial charge in [-0.1, -0.05) is 90.2 Å². The van der Waals surface area contributed by atoms with Crippen molar-refractivity contribution >= 4 is 11.8 Å². The minimum Gasteiger partial charge on any atom is -0.350 e. The van der Waals surface area contributed by atoms with E-state index in [4.69, 9.17) is 0 Å². The summed E-state index contributed by atoms with van der Waals surface area (Å²) in [4.78, 5) is 24.2. The van der Waals surface area contributed by atoms with Crippen molar-refractivity contribution in [1.82, 2.24) is 10.6 Å². The van der Waals surface area contributed by atoms with Crippen LogP contribution in [0.3, 0.4) is 0 Å². The number of nitrogens with one attached hydrogen (secondary N) is 2. The average Bonchev–Trinajstić information content (AvgIpc) is 3.18. The van der Waals surface area contributed by atoms with Crippen LogP contribution in [0, 0.1) is 0 Å². The molecule has 0 heterocycles. The Morgan fingerprint density at radius 2 is 1.03 bits per heavy atom. The number of amides is 2. The summed E-state index contributed by atoms with van der Waals surface area (Å²) in [5.74, 6) is 0.00332. The molecule has 1 fully saturated rings. The van der Waals surface area contributed by atoms with Gasteiger partial charge in [0.25, 0.3) is 0 Å². The molecule has 4 nitrogen and oxygen atoms in total. The third-order valence-corrected chi connectivity index (χ3v) is 6.11. The van der Waals surface area contributed by atoms with Gasteiger partial charge < -0.3 is 10.6 Å². The minimum absolute atomic E-state index is 0.00166. The average molecular weight is 433 g/mol. The molecule has 2 N–H and O–H groups in total. The molecule has 0 aromatic carbocycles. The van der Waals surface area contributed by atoms with Crippen LogP contribution in [0.5, 0.6) is 0 Å². The number of carbonyl (C=O) groups is 2. The predicted octanol–water partition coefficient (Wildman–Crippen LogP) is 6.75. The second kappa shape index (κ2) is 19.1. The summed E-state index contributed by atoms with van der Waals surface area (Å²) < 4.78 is 0. The van der Waals surface area contributed by atoms with Gasteiger partial charge in [0.2, 0.25) is 11.8 Å². The summed E-state index contributed by atoms with van der Waals surface area (Å²) in [5.41, 5.74) is 0. The zero-order valence-electron chi connectivity index (χ0n) is 20.3. The van der Waals surface area contributed by atoms with E-state index in [1.54, 1.807) is 12.2 Å². The maximum Gasteiger partial charge on any atom is 0.243 e.